The highest BCUT2D eigenvalue weighted by Gasteiger charge is 2.29. The predicted octanol–water partition coefficient (Wildman–Crippen LogP) is 3.08. The van der Waals surface area contributed by atoms with Crippen LogP contribution in [0.5, 0.6) is 0 Å². The van der Waals surface area contributed by atoms with Crippen molar-refractivity contribution in [1.29, 1.82) is 0 Å². The van der Waals surface area contributed by atoms with Gasteiger partial charge in [-0.05, 0) is 45.2 Å². The van der Waals surface area contributed by atoms with Gasteiger partial charge in [-0.15, -0.1) is 0 Å². The number of nitrogens with zero attached hydrogens (tertiary/aromatic N) is 3. The smallest absolute Gasteiger partial charge is 0.223 e. The van der Waals surface area contributed by atoms with E-state index in [2.05, 4.69) is 33.2 Å². The number of carbonyl (C=O) groups is 1. The third kappa shape index (κ3) is 4.56. The second kappa shape index (κ2) is 7.80. The summed E-state index contributed by atoms with van der Waals surface area (Å²) in [5.41, 5.74) is 2.51. The number of anilines is 1. The molecule has 6 heteroatoms. The molecule has 3 heterocycles. The van der Waals surface area contributed by atoms with Crippen LogP contribution in [0.4, 0.5) is 5.69 Å². The molecule has 1 aliphatic heterocycles. The highest BCUT2D eigenvalue weighted by atomic mass is 16.5. The standard InChI is InChI=1S/C21H30N4O2/c1-14-9-16(24-19(26)10-21(3,4)27-5)13-25(12-14)18-11-23-15(2)20-17(18)7-6-8-22-20/h6-8,11,14,16H,9-10,12-13H2,1-5H3,(H,24,26)/t14-,16+/m0/s1. The molecule has 27 heavy (non-hydrogen) atoms. The number of aromatic nitrogens is 2. The van der Waals surface area contributed by atoms with Gasteiger partial charge >= 0.3 is 0 Å². The first kappa shape index (κ1) is 19.5. The molecule has 2 atom stereocenters. The fourth-order valence-corrected chi connectivity index (χ4v) is 3.83. The van der Waals surface area contributed by atoms with Crippen molar-refractivity contribution in [3.63, 3.8) is 0 Å². The first-order valence-corrected chi connectivity index (χ1v) is 9.59. The number of ether oxygens (including phenoxy) is 1. The maximum absolute atomic E-state index is 12.5. The van der Waals surface area contributed by atoms with Crippen LogP contribution >= 0.6 is 0 Å². The highest BCUT2D eigenvalue weighted by Crippen LogP contribution is 2.30. The van der Waals surface area contributed by atoms with Gasteiger partial charge in [0.15, 0.2) is 0 Å². The van der Waals surface area contributed by atoms with Crippen LogP contribution in [0.2, 0.25) is 0 Å². The van der Waals surface area contributed by atoms with E-state index >= 15 is 0 Å². The molecule has 0 radical (unpaired) electrons. The number of carbonyl (C=O) groups excluding carboxylic acids is 1. The lowest BCUT2D eigenvalue weighted by molar-refractivity contribution is -0.127. The average molecular weight is 370 g/mol. The number of methoxy groups -OCH3 is 1. The van der Waals surface area contributed by atoms with Crippen molar-refractivity contribution >= 4 is 22.5 Å². The fraction of sp³-hybridized carbons (Fsp3) is 0.571. The molecule has 0 aromatic carbocycles. The highest BCUT2D eigenvalue weighted by molar-refractivity contribution is 5.92. The Morgan fingerprint density at radius 3 is 2.89 bits per heavy atom. The molecule has 2 aromatic rings. The molecule has 0 bridgehead atoms. The normalized spacial score (nSPS) is 20.7. The summed E-state index contributed by atoms with van der Waals surface area (Å²) >= 11 is 0. The van der Waals surface area contributed by atoms with E-state index in [4.69, 9.17) is 4.74 Å². The summed E-state index contributed by atoms with van der Waals surface area (Å²) < 4.78 is 5.38. The zero-order valence-corrected chi connectivity index (χ0v) is 17.0. The molecule has 3 rings (SSSR count). The Kier molecular flexibility index (Phi) is 5.65. The molecule has 0 aliphatic carbocycles. The number of amides is 1. The van der Waals surface area contributed by atoms with Crippen LogP contribution in [0.25, 0.3) is 10.9 Å². The Morgan fingerprint density at radius 2 is 2.15 bits per heavy atom. The molecular weight excluding hydrogens is 340 g/mol. The van der Waals surface area contributed by atoms with Gasteiger partial charge in [0.2, 0.25) is 5.91 Å². The van der Waals surface area contributed by atoms with E-state index < -0.39 is 5.60 Å². The lowest BCUT2D eigenvalue weighted by Crippen LogP contribution is -2.51. The second-order valence-corrected chi connectivity index (χ2v) is 8.28. The minimum absolute atomic E-state index is 0.0365. The zero-order chi connectivity index (χ0) is 19.6. The van der Waals surface area contributed by atoms with Gasteiger partial charge in [-0.2, -0.15) is 0 Å². The van der Waals surface area contributed by atoms with Gasteiger partial charge in [0.25, 0.3) is 0 Å². The van der Waals surface area contributed by atoms with E-state index in [-0.39, 0.29) is 11.9 Å². The number of nitrogens with one attached hydrogen (secondary N) is 1. The summed E-state index contributed by atoms with van der Waals surface area (Å²) in [4.78, 5) is 23.8. The summed E-state index contributed by atoms with van der Waals surface area (Å²) in [5, 5.41) is 4.32. The van der Waals surface area contributed by atoms with Crippen molar-refractivity contribution in [3.8, 4) is 0 Å². The van der Waals surface area contributed by atoms with Crippen LogP contribution in [-0.4, -0.2) is 47.7 Å². The third-order valence-electron chi connectivity index (χ3n) is 5.31. The number of piperidine rings is 1. The summed E-state index contributed by atoms with van der Waals surface area (Å²) in [6, 6.07) is 4.17. The van der Waals surface area contributed by atoms with Crippen LogP contribution < -0.4 is 10.2 Å². The predicted molar refractivity (Wildman–Crippen MR) is 108 cm³/mol. The lowest BCUT2D eigenvalue weighted by Gasteiger charge is -2.39. The van der Waals surface area contributed by atoms with Crippen molar-refractivity contribution in [2.24, 2.45) is 5.92 Å². The summed E-state index contributed by atoms with van der Waals surface area (Å²) in [5.74, 6) is 0.516. The lowest BCUT2D eigenvalue weighted by atomic mass is 9.94. The Balaban J connectivity index is 1.78. The van der Waals surface area contributed by atoms with Crippen molar-refractivity contribution in [3.05, 3.63) is 30.2 Å². The molecule has 1 fully saturated rings. The van der Waals surface area contributed by atoms with Crippen LogP contribution in [0.1, 0.15) is 39.3 Å². The van der Waals surface area contributed by atoms with E-state index in [0.29, 0.717) is 12.3 Å². The SMILES string of the molecule is COC(C)(C)CC(=O)N[C@@H]1C[C@H](C)CN(c2cnc(C)c3ncccc23)C1. The molecule has 1 aliphatic rings. The van der Waals surface area contributed by atoms with E-state index in [1.54, 1.807) is 13.3 Å². The number of hydrogen-bond donors (Lipinski definition) is 1. The van der Waals surface area contributed by atoms with Crippen molar-refractivity contribution in [2.45, 2.75) is 52.2 Å². The van der Waals surface area contributed by atoms with E-state index in [1.807, 2.05) is 33.0 Å². The van der Waals surface area contributed by atoms with Gasteiger partial charge in [-0.25, -0.2) is 0 Å². The van der Waals surface area contributed by atoms with Crippen LogP contribution in [0, 0.1) is 12.8 Å². The molecule has 1 amide bonds. The molecule has 0 unspecified atom stereocenters. The number of hydrogen-bond acceptors (Lipinski definition) is 5. The van der Waals surface area contributed by atoms with Gasteiger partial charge in [0.05, 0.1) is 35.1 Å². The van der Waals surface area contributed by atoms with Crippen molar-refractivity contribution < 1.29 is 9.53 Å². The number of aryl methyl sites for hydroxylation is 1. The summed E-state index contributed by atoms with van der Waals surface area (Å²) in [6.07, 6.45) is 5.07. The van der Waals surface area contributed by atoms with E-state index in [1.165, 1.54) is 0 Å². The number of rotatable bonds is 5. The topological polar surface area (TPSA) is 67.3 Å². The Morgan fingerprint density at radius 1 is 1.37 bits per heavy atom. The third-order valence-corrected chi connectivity index (χ3v) is 5.31. The molecule has 1 N–H and O–H groups in total. The first-order chi connectivity index (χ1) is 12.8. The van der Waals surface area contributed by atoms with Crippen molar-refractivity contribution in [2.75, 3.05) is 25.1 Å². The molecule has 0 saturated carbocycles. The number of fused-ring (bicyclic) bond motifs is 1. The molecular formula is C21H30N4O2. The zero-order valence-electron chi connectivity index (χ0n) is 17.0. The van der Waals surface area contributed by atoms with Gasteiger partial charge < -0.3 is 15.0 Å². The maximum atomic E-state index is 12.5. The minimum atomic E-state index is -0.452. The molecule has 2 aromatic heterocycles. The molecule has 146 valence electrons. The van der Waals surface area contributed by atoms with Crippen LogP contribution in [0.15, 0.2) is 24.5 Å². The Labute approximate surface area is 161 Å². The summed E-state index contributed by atoms with van der Waals surface area (Å²) in [6.45, 7) is 9.80. The Bertz CT molecular complexity index is 821. The quantitative estimate of drug-likeness (QED) is 0.876. The number of pyridine rings is 2. The van der Waals surface area contributed by atoms with Crippen molar-refractivity contribution in [1.82, 2.24) is 15.3 Å². The molecule has 0 spiro atoms. The largest absolute Gasteiger partial charge is 0.378 e. The fourth-order valence-electron chi connectivity index (χ4n) is 3.83. The van der Waals surface area contributed by atoms with Gasteiger partial charge in [-0.1, -0.05) is 6.92 Å². The molecule has 1 saturated heterocycles. The maximum Gasteiger partial charge on any atom is 0.223 e. The minimum Gasteiger partial charge on any atom is -0.378 e. The monoisotopic (exact) mass is 370 g/mol. The second-order valence-electron chi connectivity index (χ2n) is 8.28. The van der Waals surface area contributed by atoms with Gasteiger partial charge in [0.1, 0.15) is 0 Å². The Hall–Kier alpha value is -2.21. The van der Waals surface area contributed by atoms with Gasteiger partial charge in [-0.3, -0.25) is 14.8 Å². The average Bonchev–Trinajstić information content (AvgIpc) is 2.61. The first-order valence-electron chi connectivity index (χ1n) is 9.59. The van der Waals surface area contributed by atoms with E-state index in [9.17, 15) is 4.79 Å². The van der Waals surface area contributed by atoms with Crippen LogP contribution in [-0.2, 0) is 9.53 Å². The van der Waals surface area contributed by atoms with Gasteiger partial charge in [0, 0.05) is 37.8 Å². The van der Waals surface area contributed by atoms with E-state index in [0.717, 1.165) is 41.8 Å². The summed E-state index contributed by atoms with van der Waals surface area (Å²) in [7, 11) is 1.64. The molecule has 6 nitrogen and oxygen atoms in total. The van der Waals surface area contributed by atoms with Crippen LogP contribution in [0.3, 0.4) is 0 Å².